The fourth-order valence-electron chi connectivity index (χ4n) is 2.73. The zero-order chi connectivity index (χ0) is 16.4. The van der Waals surface area contributed by atoms with Crippen molar-refractivity contribution < 1.29 is 9.72 Å². The van der Waals surface area contributed by atoms with Crippen molar-refractivity contribution in [1.82, 2.24) is 15.2 Å². The van der Waals surface area contributed by atoms with Gasteiger partial charge in [0, 0.05) is 38.3 Å². The Bertz CT molecular complexity index is 579. The second kappa shape index (κ2) is 6.49. The Balaban J connectivity index is 1.53. The van der Waals surface area contributed by atoms with Gasteiger partial charge in [-0.05, 0) is 25.8 Å². The Morgan fingerprint density at radius 3 is 2.57 bits per heavy atom. The van der Waals surface area contributed by atoms with Crippen molar-refractivity contribution >= 4 is 17.4 Å². The van der Waals surface area contributed by atoms with E-state index >= 15 is 0 Å². The van der Waals surface area contributed by atoms with Crippen LogP contribution in [-0.2, 0) is 4.79 Å². The maximum Gasteiger partial charge on any atom is 0.287 e. The molecule has 1 aliphatic heterocycles. The van der Waals surface area contributed by atoms with Crippen molar-refractivity contribution in [3.8, 4) is 0 Å². The van der Waals surface area contributed by atoms with Gasteiger partial charge in [-0.1, -0.05) is 0 Å². The Kier molecular flexibility index (Phi) is 4.42. The topological polar surface area (TPSA) is 91.6 Å². The number of aromatic nitrogens is 1. The van der Waals surface area contributed by atoms with Gasteiger partial charge in [-0.3, -0.25) is 19.8 Å². The number of nitro groups is 1. The molecule has 1 aliphatic carbocycles. The Morgan fingerprint density at radius 1 is 1.35 bits per heavy atom. The number of nitrogens with zero attached hydrogens (tertiary/aromatic N) is 4. The number of carbonyl (C=O) groups excluding carboxylic acids is 1. The molecule has 2 aliphatic rings. The summed E-state index contributed by atoms with van der Waals surface area (Å²) in [6, 6.07) is 3.41. The van der Waals surface area contributed by atoms with Crippen LogP contribution in [-0.4, -0.2) is 59.0 Å². The van der Waals surface area contributed by atoms with Gasteiger partial charge in [0.05, 0.1) is 11.0 Å². The molecule has 3 rings (SSSR count). The number of amides is 1. The van der Waals surface area contributed by atoms with Crippen LogP contribution < -0.4 is 10.2 Å². The highest BCUT2D eigenvalue weighted by Gasteiger charge is 2.30. The summed E-state index contributed by atoms with van der Waals surface area (Å²) < 4.78 is 0. The van der Waals surface area contributed by atoms with E-state index in [9.17, 15) is 14.9 Å². The number of hydrogen-bond acceptors (Lipinski definition) is 6. The maximum atomic E-state index is 12.1. The minimum Gasteiger partial charge on any atom is -0.354 e. The zero-order valence-corrected chi connectivity index (χ0v) is 13.1. The van der Waals surface area contributed by atoms with Crippen molar-refractivity contribution in [2.75, 3.05) is 31.1 Å². The largest absolute Gasteiger partial charge is 0.354 e. The molecular weight excluding hydrogens is 298 g/mol. The Labute approximate surface area is 134 Å². The number of nitrogens with one attached hydrogen (secondary N) is 1. The van der Waals surface area contributed by atoms with Crippen LogP contribution in [0.1, 0.15) is 19.8 Å². The summed E-state index contributed by atoms with van der Waals surface area (Å²) in [6.45, 7) is 5.01. The molecule has 0 aromatic carbocycles. The summed E-state index contributed by atoms with van der Waals surface area (Å²) in [5, 5.41) is 13.7. The van der Waals surface area contributed by atoms with Crippen LogP contribution in [0.2, 0.25) is 0 Å². The highest BCUT2D eigenvalue weighted by Crippen LogP contribution is 2.20. The van der Waals surface area contributed by atoms with Gasteiger partial charge < -0.3 is 10.2 Å². The van der Waals surface area contributed by atoms with E-state index in [1.807, 2.05) is 6.92 Å². The van der Waals surface area contributed by atoms with Crippen LogP contribution in [0.25, 0.3) is 0 Å². The lowest BCUT2D eigenvalue weighted by atomic mass is 10.2. The molecule has 0 bridgehead atoms. The highest BCUT2D eigenvalue weighted by molar-refractivity contribution is 5.81. The first-order chi connectivity index (χ1) is 11.0. The van der Waals surface area contributed by atoms with Crippen molar-refractivity contribution in [1.29, 1.82) is 0 Å². The molecular formula is C15H21N5O3. The Morgan fingerprint density at radius 2 is 2.04 bits per heavy atom. The average molecular weight is 319 g/mol. The second-order valence-electron chi connectivity index (χ2n) is 6.11. The SMILES string of the molecule is C[C@@H](C(=O)NC1CC1)N1CCN(c2ccc([N+](=O)[O-])cn2)CC1. The molecule has 2 fully saturated rings. The fourth-order valence-corrected chi connectivity index (χ4v) is 2.73. The van der Waals surface area contributed by atoms with Gasteiger partial charge in [-0.2, -0.15) is 0 Å². The van der Waals surface area contributed by atoms with Crippen molar-refractivity contribution in [3.63, 3.8) is 0 Å². The van der Waals surface area contributed by atoms with E-state index in [4.69, 9.17) is 0 Å². The number of pyridine rings is 1. The highest BCUT2D eigenvalue weighted by atomic mass is 16.6. The molecule has 23 heavy (non-hydrogen) atoms. The van der Waals surface area contributed by atoms with E-state index in [0.717, 1.165) is 44.8 Å². The van der Waals surface area contributed by atoms with Gasteiger partial charge in [-0.15, -0.1) is 0 Å². The summed E-state index contributed by atoms with van der Waals surface area (Å²) in [7, 11) is 0. The van der Waals surface area contributed by atoms with E-state index in [2.05, 4.69) is 20.1 Å². The molecule has 1 atom stereocenters. The van der Waals surface area contributed by atoms with Gasteiger partial charge in [0.25, 0.3) is 5.69 Å². The summed E-state index contributed by atoms with van der Waals surface area (Å²) in [5.41, 5.74) is -0.00208. The van der Waals surface area contributed by atoms with E-state index in [1.54, 1.807) is 6.07 Å². The van der Waals surface area contributed by atoms with Crippen molar-refractivity contribution in [2.45, 2.75) is 31.8 Å². The lowest BCUT2D eigenvalue weighted by molar-refractivity contribution is -0.385. The molecule has 1 saturated heterocycles. The molecule has 124 valence electrons. The standard InChI is InChI=1S/C15H21N5O3/c1-11(15(21)17-12-2-3-12)18-6-8-19(9-7-18)14-5-4-13(10-16-14)20(22)23/h4-5,10-12H,2-3,6-9H2,1H3,(H,17,21)/t11-/m0/s1. The molecule has 1 N–H and O–H groups in total. The minimum absolute atomic E-state index is 0.00208. The van der Waals surface area contributed by atoms with Gasteiger partial charge in [0.2, 0.25) is 5.91 Å². The smallest absolute Gasteiger partial charge is 0.287 e. The summed E-state index contributed by atoms with van der Waals surface area (Å²) in [4.78, 5) is 30.7. The van der Waals surface area contributed by atoms with Crippen LogP contribution in [0.5, 0.6) is 0 Å². The quantitative estimate of drug-likeness (QED) is 0.637. The number of hydrogen-bond donors (Lipinski definition) is 1. The van der Waals surface area contributed by atoms with Gasteiger partial charge >= 0.3 is 0 Å². The van der Waals surface area contributed by atoms with Gasteiger partial charge in [0.1, 0.15) is 12.0 Å². The van der Waals surface area contributed by atoms with Crippen LogP contribution in [0.3, 0.4) is 0 Å². The molecule has 0 spiro atoms. The third-order valence-corrected chi connectivity index (χ3v) is 4.43. The minimum atomic E-state index is -0.450. The normalized spacial score (nSPS) is 20.1. The fraction of sp³-hybridized carbons (Fsp3) is 0.600. The zero-order valence-electron chi connectivity index (χ0n) is 13.1. The average Bonchev–Trinajstić information content (AvgIpc) is 3.38. The number of anilines is 1. The Hall–Kier alpha value is -2.22. The lowest BCUT2D eigenvalue weighted by Gasteiger charge is -2.37. The molecule has 1 aromatic heterocycles. The van der Waals surface area contributed by atoms with E-state index < -0.39 is 4.92 Å². The van der Waals surface area contributed by atoms with Gasteiger partial charge in [0.15, 0.2) is 0 Å². The van der Waals surface area contributed by atoms with Crippen molar-refractivity contribution in [3.05, 3.63) is 28.4 Å². The molecule has 0 unspecified atom stereocenters. The summed E-state index contributed by atoms with van der Waals surface area (Å²) >= 11 is 0. The maximum absolute atomic E-state index is 12.1. The predicted octanol–water partition coefficient (Wildman–Crippen LogP) is 0.779. The first-order valence-electron chi connectivity index (χ1n) is 7.94. The molecule has 0 radical (unpaired) electrons. The second-order valence-corrected chi connectivity index (χ2v) is 6.11. The van der Waals surface area contributed by atoms with E-state index in [1.165, 1.54) is 12.3 Å². The third kappa shape index (κ3) is 3.76. The lowest BCUT2D eigenvalue weighted by Crippen LogP contribution is -2.54. The monoisotopic (exact) mass is 319 g/mol. The predicted molar refractivity (Wildman–Crippen MR) is 85.3 cm³/mol. The van der Waals surface area contributed by atoms with Crippen LogP contribution in [0.15, 0.2) is 18.3 Å². The van der Waals surface area contributed by atoms with E-state index in [0.29, 0.717) is 6.04 Å². The first-order valence-corrected chi connectivity index (χ1v) is 7.94. The molecule has 8 nitrogen and oxygen atoms in total. The molecule has 1 saturated carbocycles. The molecule has 2 heterocycles. The molecule has 8 heteroatoms. The van der Waals surface area contributed by atoms with Crippen LogP contribution in [0.4, 0.5) is 11.5 Å². The number of carbonyl (C=O) groups is 1. The molecule has 1 aromatic rings. The van der Waals surface area contributed by atoms with Gasteiger partial charge in [-0.25, -0.2) is 4.98 Å². The van der Waals surface area contributed by atoms with E-state index in [-0.39, 0.29) is 17.6 Å². The van der Waals surface area contributed by atoms with Crippen LogP contribution in [0, 0.1) is 10.1 Å². The summed E-state index contributed by atoms with van der Waals surface area (Å²) in [6.07, 6.45) is 3.48. The summed E-state index contributed by atoms with van der Waals surface area (Å²) in [5.74, 6) is 0.847. The molecule has 1 amide bonds. The first kappa shape index (κ1) is 15.7. The van der Waals surface area contributed by atoms with Crippen molar-refractivity contribution in [2.24, 2.45) is 0 Å². The number of rotatable bonds is 5. The third-order valence-electron chi connectivity index (χ3n) is 4.43. The number of piperazine rings is 1. The van der Waals surface area contributed by atoms with Crippen LogP contribution >= 0.6 is 0 Å².